The number of unbranched alkanes of at least 4 members (excludes halogenated alkanes) is 1. The second-order valence-electron chi connectivity index (χ2n) is 7.54. The summed E-state index contributed by atoms with van der Waals surface area (Å²) in [6.45, 7) is 9.32. The van der Waals surface area contributed by atoms with E-state index in [-0.39, 0.29) is 30.5 Å². The van der Waals surface area contributed by atoms with Crippen LogP contribution in [0.15, 0.2) is 42.0 Å². The summed E-state index contributed by atoms with van der Waals surface area (Å²) in [5, 5.41) is 0. The zero-order valence-corrected chi connectivity index (χ0v) is 18.6. The predicted octanol–water partition coefficient (Wildman–Crippen LogP) is 5.17. The Hall–Kier alpha value is -1.93. The fourth-order valence-corrected chi connectivity index (χ4v) is 3.20. The smallest absolute Gasteiger partial charge is 0.147 e. The molecule has 0 fully saturated rings. The van der Waals surface area contributed by atoms with E-state index in [4.69, 9.17) is 14.2 Å². The first-order chi connectivity index (χ1) is 13.9. The molecular formula is C25H36O4. The Kier molecular flexibility index (Phi) is 13.0. The Balaban J connectivity index is 2.47. The highest BCUT2D eigenvalue weighted by Crippen LogP contribution is 2.19. The van der Waals surface area contributed by atoms with Crippen LogP contribution >= 0.6 is 0 Å². The quantitative estimate of drug-likeness (QED) is 0.198. The van der Waals surface area contributed by atoms with Crippen LogP contribution in [-0.2, 0) is 25.6 Å². The van der Waals surface area contributed by atoms with Crippen LogP contribution in [0.4, 0.5) is 0 Å². The Morgan fingerprint density at radius 2 is 1.90 bits per heavy atom. The Morgan fingerprint density at radius 1 is 1.17 bits per heavy atom. The Morgan fingerprint density at radius 3 is 2.55 bits per heavy atom. The van der Waals surface area contributed by atoms with Gasteiger partial charge in [0.15, 0.2) is 0 Å². The molecular weight excluding hydrogens is 364 g/mol. The molecule has 0 heterocycles. The molecule has 0 saturated carbocycles. The molecule has 0 unspecified atom stereocenters. The third kappa shape index (κ3) is 11.6. The summed E-state index contributed by atoms with van der Waals surface area (Å²) in [6.07, 6.45) is 4.20. The molecule has 0 aromatic heterocycles. The molecule has 0 aliphatic rings. The average Bonchev–Trinajstić information content (AvgIpc) is 2.67. The number of carbonyl (C=O) groups is 1. The number of allylic oxidation sites excluding steroid dienone is 1. The first-order valence-corrected chi connectivity index (χ1v) is 10.3. The summed E-state index contributed by atoms with van der Waals surface area (Å²) >= 11 is 0. The molecule has 4 heteroatoms. The minimum atomic E-state index is -0.147. The van der Waals surface area contributed by atoms with E-state index >= 15 is 0 Å². The van der Waals surface area contributed by atoms with Crippen molar-refractivity contribution in [2.24, 2.45) is 11.8 Å². The molecule has 0 amide bonds. The number of methoxy groups -OCH3 is 1. The summed E-state index contributed by atoms with van der Waals surface area (Å²) in [5.74, 6) is 6.96. The van der Waals surface area contributed by atoms with Gasteiger partial charge in [0.05, 0.1) is 12.7 Å². The minimum absolute atomic E-state index is 0.0381. The first kappa shape index (κ1) is 25.1. The van der Waals surface area contributed by atoms with Gasteiger partial charge in [-0.2, -0.15) is 0 Å². The van der Waals surface area contributed by atoms with Gasteiger partial charge in [-0.25, -0.2) is 0 Å². The van der Waals surface area contributed by atoms with Crippen LogP contribution in [0.25, 0.3) is 0 Å². The van der Waals surface area contributed by atoms with E-state index in [0.717, 1.165) is 18.4 Å². The van der Waals surface area contributed by atoms with Gasteiger partial charge in [0.25, 0.3) is 0 Å². The number of Topliss-reactive ketones (excluding diaryl/α,β-unsaturated/α-hetero) is 1. The van der Waals surface area contributed by atoms with Crippen LogP contribution in [0.1, 0.15) is 52.5 Å². The summed E-state index contributed by atoms with van der Waals surface area (Å²) in [7, 11) is 1.61. The van der Waals surface area contributed by atoms with Crippen molar-refractivity contribution in [2.75, 3.05) is 20.5 Å². The highest BCUT2D eigenvalue weighted by atomic mass is 16.7. The monoisotopic (exact) mass is 400 g/mol. The molecule has 0 spiro atoms. The predicted molar refractivity (Wildman–Crippen MR) is 117 cm³/mol. The fraction of sp³-hybridized carbons (Fsp3) is 0.560. The molecule has 0 saturated heterocycles. The summed E-state index contributed by atoms with van der Waals surface area (Å²) in [5.41, 5.74) is 2.27. The Labute approximate surface area is 176 Å². The zero-order valence-electron chi connectivity index (χ0n) is 18.6. The van der Waals surface area contributed by atoms with Gasteiger partial charge in [-0.3, -0.25) is 0 Å². The molecule has 4 nitrogen and oxygen atoms in total. The molecule has 1 aromatic carbocycles. The van der Waals surface area contributed by atoms with E-state index in [2.05, 4.69) is 37.0 Å². The number of hydrogen-bond acceptors (Lipinski definition) is 4. The van der Waals surface area contributed by atoms with Crippen molar-refractivity contribution in [2.45, 2.75) is 59.7 Å². The average molecular weight is 401 g/mol. The lowest BCUT2D eigenvalue weighted by atomic mass is 9.94. The van der Waals surface area contributed by atoms with E-state index in [1.54, 1.807) is 14.0 Å². The van der Waals surface area contributed by atoms with Crippen molar-refractivity contribution in [3.8, 4) is 11.8 Å². The second-order valence-corrected chi connectivity index (χ2v) is 7.54. The van der Waals surface area contributed by atoms with Crippen LogP contribution in [0.2, 0.25) is 0 Å². The van der Waals surface area contributed by atoms with Gasteiger partial charge in [-0.05, 0) is 44.2 Å². The lowest BCUT2D eigenvalue weighted by molar-refractivity contribution is -0.117. The number of carbonyl (C=O) groups excluding carboxylic acids is 1. The molecule has 29 heavy (non-hydrogen) atoms. The molecule has 0 aliphatic heterocycles. The summed E-state index contributed by atoms with van der Waals surface area (Å²) in [4.78, 5) is 11.3. The normalized spacial score (nSPS) is 14.6. The lowest BCUT2D eigenvalue weighted by Gasteiger charge is -2.22. The summed E-state index contributed by atoms with van der Waals surface area (Å²) < 4.78 is 16.6. The van der Waals surface area contributed by atoms with Gasteiger partial charge in [0, 0.05) is 32.5 Å². The highest BCUT2D eigenvalue weighted by molar-refractivity contribution is 5.75. The first-order valence-electron chi connectivity index (χ1n) is 10.3. The molecule has 0 radical (unpaired) electrons. The van der Waals surface area contributed by atoms with Gasteiger partial charge in [0.1, 0.15) is 12.6 Å². The molecule has 160 valence electrons. The summed E-state index contributed by atoms with van der Waals surface area (Å²) in [6, 6.07) is 10.2. The number of benzene rings is 1. The van der Waals surface area contributed by atoms with Gasteiger partial charge >= 0.3 is 0 Å². The van der Waals surface area contributed by atoms with Gasteiger partial charge in [0.2, 0.25) is 0 Å². The number of ketones is 1. The minimum Gasteiger partial charge on any atom is -0.377 e. The van der Waals surface area contributed by atoms with E-state index in [1.165, 1.54) is 5.56 Å². The highest BCUT2D eigenvalue weighted by Gasteiger charge is 2.19. The van der Waals surface area contributed by atoms with Crippen molar-refractivity contribution in [3.63, 3.8) is 0 Å². The third-order valence-corrected chi connectivity index (χ3v) is 4.46. The van der Waals surface area contributed by atoms with Crippen LogP contribution in [0.3, 0.4) is 0 Å². The van der Waals surface area contributed by atoms with E-state index in [0.29, 0.717) is 19.6 Å². The Bertz CT molecular complexity index is 669. The number of ether oxygens (including phenoxy) is 3. The topological polar surface area (TPSA) is 44.8 Å². The van der Waals surface area contributed by atoms with Crippen LogP contribution < -0.4 is 0 Å². The van der Waals surface area contributed by atoms with Crippen molar-refractivity contribution in [1.82, 2.24) is 0 Å². The fourth-order valence-electron chi connectivity index (χ4n) is 3.20. The SMILES string of the molecule is COCO[C@@H](/C(C)=C\[C@@H](C)CC(C)=O)[C@H](C)C#CCCCOCc1ccccc1. The van der Waals surface area contributed by atoms with Crippen LogP contribution in [-0.4, -0.2) is 32.4 Å². The van der Waals surface area contributed by atoms with E-state index in [1.807, 2.05) is 32.0 Å². The molecule has 1 rings (SSSR count). The second kappa shape index (κ2) is 15.0. The van der Waals surface area contributed by atoms with E-state index < -0.39 is 0 Å². The van der Waals surface area contributed by atoms with Crippen LogP contribution in [0, 0.1) is 23.7 Å². The molecule has 0 N–H and O–H groups in total. The maximum atomic E-state index is 11.3. The molecule has 0 bridgehead atoms. The van der Waals surface area contributed by atoms with Crippen molar-refractivity contribution in [1.29, 1.82) is 0 Å². The van der Waals surface area contributed by atoms with Crippen molar-refractivity contribution in [3.05, 3.63) is 47.5 Å². The lowest BCUT2D eigenvalue weighted by Crippen LogP contribution is -2.24. The van der Waals surface area contributed by atoms with Gasteiger partial charge in [-0.15, -0.1) is 5.92 Å². The number of hydrogen-bond donors (Lipinski definition) is 0. The molecule has 3 atom stereocenters. The largest absolute Gasteiger partial charge is 0.377 e. The molecule has 1 aromatic rings. The maximum absolute atomic E-state index is 11.3. The van der Waals surface area contributed by atoms with Crippen molar-refractivity contribution < 1.29 is 19.0 Å². The maximum Gasteiger partial charge on any atom is 0.147 e. The van der Waals surface area contributed by atoms with Gasteiger partial charge < -0.3 is 19.0 Å². The molecule has 0 aliphatic carbocycles. The standard InChI is InChI=1S/C25H36O4/c1-20(17-23(4)26)16-22(3)25(29-19-27-5)21(2)12-8-7-11-15-28-18-24-13-9-6-10-14-24/h6,9-10,13-14,16,20-21,25H,7,11,15,17-19H2,1-5H3/b22-16-/t20-,21-,25-/m1/s1. The third-order valence-electron chi connectivity index (χ3n) is 4.46. The van der Waals surface area contributed by atoms with Crippen molar-refractivity contribution >= 4 is 5.78 Å². The van der Waals surface area contributed by atoms with E-state index in [9.17, 15) is 4.79 Å². The number of rotatable bonds is 13. The zero-order chi connectivity index (χ0) is 21.5. The van der Waals surface area contributed by atoms with Crippen LogP contribution in [0.5, 0.6) is 0 Å². The van der Waals surface area contributed by atoms with Gasteiger partial charge in [-0.1, -0.05) is 49.3 Å².